The Balaban J connectivity index is 2.15. The second kappa shape index (κ2) is 7.96. The molecule has 0 spiro atoms. The molecular weight excluding hydrogens is 376 g/mol. The Labute approximate surface area is 155 Å². The monoisotopic (exact) mass is 392 g/mol. The number of nitro benzene ring substituents is 1. The Morgan fingerprint density at radius 1 is 1.07 bits per heavy atom. The van der Waals surface area contributed by atoms with Gasteiger partial charge >= 0.3 is 5.97 Å². The van der Waals surface area contributed by atoms with Crippen molar-refractivity contribution in [3.63, 3.8) is 0 Å². The fourth-order valence-corrected chi connectivity index (χ4v) is 3.42. The first-order chi connectivity index (χ1) is 12.7. The first-order valence-corrected chi connectivity index (χ1v) is 9.19. The lowest BCUT2D eigenvalue weighted by molar-refractivity contribution is -0.384. The minimum Gasteiger partial charge on any atom is -0.465 e. The third-order valence-electron chi connectivity index (χ3n) is 3.78. The Hall–Kier alpha value is -3.27. The minimum atomic E-state index is -4.04. The number of esters is 1. The molecule has 142 valence electrons. The molecule has 0 heterocycles. The summed E-state index contributed by atoms with van der Waals surface area (Å²) in [6, 6.07) is 10.0. The number of carbonyl (C=O) groups is 2. The van der Waals surface area contributed by atoms with Crippen LogP contribution in [0.1, 0.15) is 17.3 Å². The van der Waals surface area contributed by atoms with Gasteiger partial charge in [0.05, 0.1) is 22.5 Å². The van der Waals surface area contributed by atoms with E-state index in [1.54, 1.807) is 0 Å². The molecule has 0 bridgehead atoms. The van der Waals surface area contributed by atoms with Crippen LogP contribution in [0.4, 0.5) is 11.4 Å². The number of hydrogen-bond donors (Lipinski definition) is 1. The summed E-state index contributed by atoms with van der Waals surface area (Å²) in [6.45, 7) is 1.22. The van der Waals surface area contributed by atoms with Gasteiger partial charge in [0.15, 0.2) is 9.84 Å². The molecule has 0 aliphatic heterocycles. The van der Waals surface area contributed by atoms with Crippen LogP contribution in [0.25, 0.3) is 0 Å². The van der Waals surface area contributed by atoms with Gasteiger partial charge in [0, 0.05) is 17.8 Å². The number of nitrogens with zero attached hydrogens (tertiary/aromatic N) is 1. The van der Waals surface area contributed by atoms with E-state index in [0.29, 0.717) is 5.69 Å². The highest BCUT2D eigenvalue weighted by atomic mass is 32.2. The highest BCUT2D eigenvalue weighted by molar-refractivity contribution is 7.92. The molecule has 0 radical (unpaired) electrons. The number of hydrogen-bond acceptors (Lipinski definition) is 7. The first-order valence-electron chi connectivity index (χ1n) is 7.64. The molecule has 2 aromatic rings. The van der Waals surface area contributed by atoms with Crippen molar-refractivity contribution in [2.45, 2.75) is 17.1 Å². The number of anilines is 1. The SMILES string of the molecule is COC(=O)c1ccc(NC(=O)[C@@H](C)S(=O)(=O)c2ccc([N+](=O)[O-])cc2)cc1. The zero-order valence-electron chi connectivity index (χ0n) is 14.4. The zero-order valence-corrected chi connectivity index (χ0v) is 15.2. The number of nitrogens with one attached hydrogen (secondary N) is 1. The van der Waals surface area contributed by atoms with E-state index in [1.807, 2.05) is 0 Å². The van der Waals surface area contributed by atoms with Gasteiger partial charge in [-0.2, -0.15) is 0 Å². The summed E-state index contributed by atoms with van der Waals surface area (Å²) < 4.78 is 29.6. The smallest absolute Gasteiger partial charge is 0.337 e. The minimum absolute atomic E-state index is 0.197. The molecule has 0 aliphatic carbocycles. The lowest BCUT2D eigenvalue weighted by atomic mass is 10.2. The summed E-state index contributed by atoms with van der Waals surface area (Å²) in [5, 5.41) is 11.7. The second-order valence-electron chi connectivity index (χ2n) is 5.50. The summed E-state index contributed by atoms with van der Waals surface area (Å²) in [7, 11) is -2.80. The predicted molar refractivity (Wildman–Crippen MR) is 96.2 cm³/mol. The summed E-state index contributed by atoms with van der Waals surface area (Å²) in [5.41, 5.74) is 0.331. The standard InChI is InChI=1S/C17H16N2O7S/c1-11(27(24,25)15-9-7-14(8-10-15)19(22)23)16(20)18-13-5-3-12(4-6-13)17(21)26-2/h3-11H,1-2H3,(H,18,20)/t11-/m1/s1. The molecule has 0 fully saturated rings. The Kier molecular flexibility index (Phi) is 5.91. The van der Waals surface area contributed by atoms with Crippen molar-refractivity contribution in [2.24, 2.45) is 0 Å². The van der Waals surface area contributed by atoms with E-state index in [-0.39, 0.29) is 16.1 Å². The van der Waals surface area contributed by atoms with E-state index < -0.39 is 31.9 Å². The predicted octanol–water partition coefficient (Wildman–Crippen LogP) is 2.18. The van der Waals surface area contributed by atoms with Gasteiger partial charge in [0.25, 0.3) is 5.69 Å². The molecule has 0 unspecified atom stereocenters. The van der Waals surface area contributed by atoms with Crippen molar-refractivity contribution >= 4 is 33.1 Å². The maximum atomic E-state index is 12.5. The number of sulfone groups is 1. The topological polar surface area (TPSA) is 133 Å². The molecule has 1 atom stereocenters. The molecule has 9 nitrogen and oxygen atoms in total. The van der Waals surface area contributed by atoms with E-state index >= 15 is 0 Å². The average Bonchev–Trinajstić information content (AvgIpc) is 2.67. The number of methoxy groups -OCH3 is 1. The molecule has 1 amide bonds. The first kappa shape index (κ1) is 20.0. The number of carbonyl (C=O) groups excluding carboxylic acids is 2. The van der Waals surface area contributed by atoms with Crippen molar-refractivity contribution in [2.75, 3.05) is 12.4 Å². The highest BCUT2D eigenvalue weighted by Crippen LogP contribution is 2.21. The van der Waals surface area contributed by atoms with Gasteiger partial charge in [-0.15, -0.1) is 0 Å². The Bertz CT molecular complexity index is 967. The van der Waals surface area contributed by atoms with Crippen LogP contribution >= 0.6 is 0 Å². The summed E-state index contributed by atoms with van der Waals surface area (Å²) >= 11 is 0. The van der Waals surface area contributed by atoms with Crippen molar-refractivity contribution in [3.8, 4) is 0 Å². The van der Waals surface area contributed by atoms with Crippen LogP contribution in [0.15, 0.2) is 53.4 Å². The molecule has 2 aromatic carbocycles. The van der Waals surface area contributed by atoms with E-state index in [9.17, 15) is 28.1 Å². The van der Waals surface area contributed by atoms with Gasteiger partial charge in [0.2, 0.25) is 5.91 Å². The third kappa shape index (κ3) is 4.47. The number of non-ortho nitro benzene ring substituents is 1. The molecule has 1 N–H and O–H groups in total. The summed E-state index contributed by atoms with van der Waals surface area (Å²) in [6.07, 6.45) is 0. The van der Waals surface area contributed by atoms with Crippen LogP contribution in [0.3, 0.4) is 0 Å². The lowest BCUT2D eigenvalue weighted by Crippen LogP contribution is -2.32. The maximum absolute atomic E-state index is 12.5. The van der Waals surface area contributed by atoms with Crippen LogP contribution in [0.2, 0.25) is 0 Å². The third-order valence-corrected chi connectivity index (χ3v) is 5.86. The Morgan fingerprint density at radius 3 is 2.11 bits per heavy atom. The number of rotatable bonds is 6. The van der Waals surface area contributed by atoms with E-state index in [0.717, 1.165) is 24.3 Å². The van der Waals surface area contributed by atoms with Crippen molar-refractivity contribution < 1.29 is 27.7 Å². The lowest BCUT2D eigenvalue weighted by Gasteiger charge is -2.13. The van der Waals surface area contributed by atoms with Crippen molar-refractivity contribution in [1.82, 2.24) is 0 Å². The van der Waals surface area contributed by atoms with Crippen molar-refractivity contribution in [1.29, 1.82) is 0 Å². The van der Waals surface area contributed by atoms with Gasteiger partial charge < -0.3 is 10.1 Å². The van der Waals surface area contributed by atoms with Crippen LogP contribution in [0, 0.1) is 10.1 Å². The van der Waals surface area contributed by atoms with E-state index in [1.165, 1.54) is 38.3 Å². The molecule has 0 aliphatic rings. The van der Waals surface area contributed by atoms with Crippen LogP contribution in [-0.2, 0) is 19.4 Å². The molecule has 0 saturated carbocycles. The van der Waals surface area contributed by atoms with Crippen LogP contribution < -0.4 is 5.32 Å². The number of benzene rings is 2. The zero-order chi connectivity index (χ0) is 20.2. The molecule has 0 saturated heterocycles. The highest BCUT2D eigenvalue weighted by Gasteiger charge is 2.30. The molecule has 10 heteroatoms. The normalized spacial score (nSPS) is 12.1. The van der Waals surface area contributed by atoms with Gasteiger partial charge in [-0.3, -0.25) is 14.9 Å². The fourth-order valence-electron chi connectivity index (χ4n) is 2.15. The molecule has 2 rings (SSSR count). The fraction of sp³-hybridized carbons (Fsp3) is 0.176. The van der Waals surface area contributed by atoms with Gasteiger partial charge in [-0.1, -0.05) is 0 Å². The van der Waals surface area contributed by atoms with E-state index in [4.69, 9.17) is 0 Å². The second-order valence-corrected chi connectivity index (χ2v) is 7.76. The van der Waals surface area contributed by atoms with E-state index in [2.05, 4.69) is 10.1 Å². The Morgan fingerprint density at radius 2 is 1.63 bits per heavy atom. The van der Waals surface area contributed by atoms with Crippen molar-refractivity contribution in [3.05, 3.63) is 64.2 Å². The number of nitro groups is 1. The quantitative estimate of drug-likeness (QED) is 0.452. The van der Waals surface area contributed by atoms with Gasteiger partial charge in [-0.25, -0.2) is 13.2 Å². The molecule has 0 aromatic heterocycles. The van der Waals surface area contributed by atoms with Gasteiger partial charge in [0.1, 0.15) is 5.25 Å². The van der Waals surface area contributed by atoms with Crippen LogP contribution in [-0.4, -0.2) is 37.6 Å². The maximum Gasteiger partial charge on any atom is 0.337 e. The molecular formula is C17H16N2O7S. The van der Waals surface area contributed by atoms with Crippen LogP contribution in [0.5, 0.6) is 0 Å². The number of ether oxygens (including phenoxy) is 1. The molecule has 27 heavy (non-hydrogen) atoms. The summed E-state index contributed by atoms with van der Waals surface area (Å²) in [4.78, 5) is 33.5. The summed E-state index contributed by atoms with van der Waals surface area (Å²) in [5.74, 6) is -1.32. The number of amides is 1. The largest absolute Gasteiger partial charge is 0.465 e. The average molecular weight is 392 g/mol. The van der Waals surface area contributed by atoms with Gasteiger partial charge in [-0.05, 0) is 43.3 Å².